The van der Waals surface area contributed by atoms with Crippen molar-refractivity contribution in [2.45, 2.75) is 47.0 Å². The van der Waals surface area contributed by atoms with Gasteiger partial charge in [-0.25, -0.2) is 0 Å². The van der Waals surface area contributed by atoms with Crippen molar-refractivity contribution in [2.24, 2.45) is 0 Å². The standard InChI is InChI=1S/C9H11N.C3H8.C2H6.H2/c1-7-6-10-9-5-3-2-4-8(7)9;1-3-2;1-2;/h2-5,7,10H,6H2,1H3;3H2,1-2H3;1-2H3;1H. The molecule has 1 aromatic rings. The van der Waals surface area contributed by atoms with E-state index < -0.39 is 0 Å². The molecule has 0 bridgehead atoms. The van der Waals surface area contributed by atoms with E-state index in [1.54, 1.807) is 0 Å². The van der Waals surface area contributed by atoms with Gasteiger partial charge in [-0.1, -0.05) is 59.2 Å². The van der Waals surface area contributed by atoms with Crippen molar-refractivity contribution in [3.63, 3.8) is 0 Å². The number of benzene rings is 1. The molecule has 1 N–H and O–H groups in total. The van der Waals surface area contributed by atoms with Gasteiger partial charge < -0.3 is 5.32 Å². The van der Waals surface area contributed by atoms with E-state index in [-0.39, 0.29) is 1.43 Å². The monoisotopic (exact) mass is 209 g/mol. The molecule has 0 radical (unpaired) electrons. The van der Waals surface area contributed by atoms with E-state index in [4.69, 9.17) is 0 Å². The lowest BCUT2D eigenvalue weighted by Crippen LogP contribution is -1.95. The molecule has 0 fully saturated rings. The fourth-order valence-electron chi connectivity index (χ4n) is 1.46. The molecule has 1 heterocycles. The maximum absolute atomic E-state index is 3.35. The summed E-state index contributed by atoms with van der Waals surface area (Å²) < 4.78 is 0. The zero-order chi connectivity index (χ0) is 11.7. The topological polar surface area (TPSA) is 12.0 Å². The lowest BCUT2D eigenvalue weighted by molar-refractivity contribution is 0.854. The van der Waals surface area contributed by atoms with Gasteiger partial charge in [0.05, 0.1) is 0 Å². The minimum absolute atomic E-state index is 0. The Morgan fingerprint density at radius 2 is 1.80 bits per heavy atom. The van der Waals surface area contributed by atoms with Crippen LogP contribution in [0.25, 0.3) is 0 Å². The molecule has 1 heteroatoms. The summed E-state index contributed by atoms with van der Waals surface area (Å²) >= 11 is 0. The van der Waals surface area contributed by atoms with Crippen LogP contribution in [-0.4, -0.2) is 6.54 Å². The van der Waals surface area contributed by atoms with Crippen LogP contribution in [0.1, 0.15) is 53.9 Å². The summed E-state index contributed by atoms with van der Waals surface area (Å²) in [5.41, 5.74) is 2.78. The second-order valence-electron chi connectivity index (χ2n) is 3.58. The zero-order valence-electron chi connectivity index (χ0n) is 10.8. The van der Waals surface area contributed by atoms with Gasteiger partial charge in [0.15, 0.2) is 0 Å². The fraction of sp³-hybridized carbons (Fsp3) is 0.571. The molecule has 0 aromatic heterocycles. The second-order valence-corrected chi connectivity index (χ2v) is 3.58. The van der Waals surface area contributed by atoms with Crippen LogP contribution in [0.2, 0.25) is 0 Å². The quantitative estimate of drug-likeness (QED) is 0.640. The highest BCUT2D eigenvalue weighted by atomic mass is 14.9. The Morgan fingerprint density at radius 1 is 1.27 bits per heavy atom. The van der Waals surface area contributed by atoms with Crippen molar-refractivity contribution < 1.29 is 1.43 Å². The number of rotatable bonds is 0. The average molecular weight is 209 g/mol. The number of anilines is 1. The van der Waals surface area contributed by atoms with Gasteiger partial charge in [-0.05, 0) is 11.6 Å². The minimum atomic E-state index is 0. The summed E-state index contributed by atoms with van der Waals surface area (Å²) in [5, 5.41) is 3.35. The van der Waals surface area contributed by atoms with E-state index >= 15 is 0 Å². The van der Waals surface area contributed by atoms with Gasteiger partial charge in [-0.15, -0.1) is 0 Å². The van der Waals surface area contributed by atoms with Gasteiger partial charge in [-0.3, -0.25) is 0 Å². The van der Waals surface area contributed by atoms with Gasteiger partial charge >= 0.3 is 0 Å². The molecule has 0 amide bonds. The smallest absolute Gasteiger partial charge is 0.0376 e. The van der Waals surface area contributed by atoms with Crippen LogP contribution in [-0.2, 0) is 0 Å². The number of hydrogen-bond acceptors (Lipinski definition) is 1. The van der Waals surface area contributed by atoms with E-state index in [0.29, 0.717) is 5.92 Å². The molecule has 1 atom stereocenters. The molecular weight excluding hydrogens is 182 g/mol. The van der Waals surface area contributed by atoms with Crippen LogP contribution in [0.5, 0.6) is 0 Å². The Morgan fingerprint density at radius 3 is 2.33 bits per heavy atom. The highest BCUT2D eigenvalue weighted by Crippen LogP contribution is 2.29. The Hall–Kier alpha value is -0.980. The van der Waals surface area contributed by atoms with E-state index in [9.17, 15) is 0 Å². The van der Waals surface area contributed by atoms with Crippen LogP contribution in [0.15, 0.2) is 24.3 Å². The molecule has 0 saturated carbocycles. The van der Waals surface area contributed by atoms with Gasteiger partial charge in [0, 0.05) is 19.6 Å². The largest absolute Gasteiger partial charge is 0.384 e. The first-order valence-corrected chi connectivity index (χ1v) is 6.12. The SMILES string of the molecule is CC.CC1CNc2ccccc21.CCC.[HH]. The molecule has 1 aliphatic heterocycles. The van der Waals surface area contributed by atoms with Crippen molar-refractivity contribution in [3.8, 4) is 0 Å². The first kappa shape index (κ1) is 14.0. The third-order valence-corrected chi connectivity index (χ3v) is 2.09. The van der Waals surface area contributed by atoms with Gasteiger partial charge in [0.2, 0.25) is 0 Å². The Kier molecular flexibility index (Phi) is 7.79. The van der Waals surface area contributed by atoms with Gasteiger partial charge in [0.1, 0.15) is 0 Å². The zero-order valence-corrected chi connectivity index (χ0v) is 10.8. The van der Waals surface area contributed by atoms with E-state index in [1.165, 1.54) is 17.7 Å². The first-order chi connectivity index (χ1) is 7.29. The van der Waals surface area contributed by atoms with E-state index in [2.05, 4.69) is 50.4 Å². The molecular formula is C14H27N. The molecule has 88 valence electrons. The van der Waals surface area contributed by atoms with Crippen molar-refractivity contribution in [1.29, 1.82) is 0 Å². The molecule has 1 unspecified atom stereocenters. The van der Waals surface area contributed by atoms with E-state index in [0.717, 1.165) is 6.54 Å². The van der Waals surface area contributed by atoms with Crippen LogP contribution in [0.3, 0.4) is 0 Å². The van der Waals surface area contributed by atoms with Crippen molar-refractivity contribution in [2.75, 3.05) is 11.9 Å². The fourth-order valence-corrected chi connectivity index (χ4v) is 1.46. The summed E-state index contributed by atoms with van der Waals surface area (Å²) in [7, 11) is 0. The number of para-hydroxylation sites is 1. The first-order valence-electron chi connectivity index (χ1n) is 6.12. The molecule has 0 spiro atoms. The maximum atomic E-state index is 3.35. The highest BCUT2D eigenvalue weighted by molar-refractivity contribution is 5.57. The van der Waals surface area contributed by atoms with Gasteiger partial charge in [0.25, 0.3) is 0 Å². The van der Waals surface area contributed by atoms with Crippen molar-refractivity contribution >= 4 is 5.69 Å². The molecule has 0 saturated heterocycles. The van der Waals surface area contributed by atoms with Gasteiger partial charge in [-0.2, -0.15) is 0 Å². The minimum Gasteiger partial charge on any atom is -0.384 e. The molecule has 0 aliphatic carbocycles. The normalized spacial score (nSPS) is 16.2. The highest BCUT2D eigenvalue weighted by Gasteiger charge is 2.15. The average Bonchev–Trinajstić information content (AvgIpc) is 2.65. The third-order valence-electron chi connectivity index (χ3n) is 2.09. The van der Waals surface area contributed by atoms with Crippen LogP contribution in [0.4, 0.5) is 5.69 Å². The Labute approximate surface area is 96.4 Å². The summed E-state index contributed by atoms with van der Waals surface area (Å²) in [6, 6.07) is 8.50. The maximum Gasteiger partial charge on any atom is 0.0376 e. The Balaban J connectivity index is 0. The third kappa shape index (κ3) is 4.37. The summed E-state index contributed by atoms with van der Waals surface area (Å²) in [5.74, 6) is 0.691. The molecule has 1 aliphatic rings. The number of fused-ring (bicyclic) bond motifs is 1. The molecule has 15 heavy (non-hydrogen) atoms. The second kappa shape index (κ2) is 8.34. The van der Waals surface area contributed by atoms with Crippen molar-refractivity contribution in [3.05, 3.63) is 29.8 Å². The molecule has 2 rings (SSSR count). The molecule has 1 aromatic carbocycles. The van der Waals surface area contributed by atoms with Crippen LogP contribution < -0.4 is 5.32 Å². The van der Waals surface area contributed by atoms with Crippen LogP contribution >= 0.6 is 0 Å². The summed E-state index contributed by atoms with van der Waals surface area (Å²) in [4.78, 5) is 0. The lowest BCUT2D eigenvalue weighted by atomic mass is 10.0. The van der Waals surface area contributed by atoms with Crippen LogP contribution in [0, 0.1) is 0 Å². The predicted octanol–water partition coefficient (Wildman–Crippen LogP) is 4.90. The lowest BCUT2D eigenvalue weighted by Gasteiger charge is -1.98. The Bertz CT molecular complexity index is 261. The summed E-state index contributed by atoms with van der Waals surface area (Å²) in [6.45, 7) is 11.6. The van der Waals surface area contributed by atoms with Crippen molar-refractivity contribution in [1.82, 2.24) is 0 Å². The predicted molar refractivity (Wildman–Crippen MR) is 72.8 cm³/mol. The number of nitrogens with one attached hydrogen (secondary N) is 1. The van der Waals surface area contributed by atoms with E-state index in [1.807, 2.05) is 13.8 Å². The molecule has 1 nitrogen and oxygen atoms in total. The number of hydrogen-bond donors (Lipinski definition) is 1. The summed E-state index contributed by atoms with van der Waals surface area (Å²) in [6.07, 6.45) is 1.25.